The van der Waals surface area contributed by atoms with Crippen LogP contribution in [-0.2, 0) is 0 Å². The van der Waals surface area contributed by atoms with Crippen molar-refractivity contribution in [2.45, 2.75) is 84.7 Å². The van der Waals surface area contributed by atoms with E-state index in [0.29, 0.717) is 12.1 Å². The van der Waals surface area contributed by atoms with Gasteiger partial charge < -0.3 is 0 Å². The lowest BCUT2D eigenvalue weighted by molar-refractivity contribution is 0.0872. The van der Waals surface area contributed by atoms with Gasteiger partial charge in [0.25, 0.3) is 0 Å². The molecule has 21 heavy (non-hydrogen) atoms. The molecular weight excluding hydrogens is 288 g/mol. The first-order chi connectivity index (χ1) is 9.25. The summed E-state index contributed by atoms with van der Waals surface area (Å²) >= 11 is 0. The van der Waals surface area contributed by atoms with Crippen molar-refractivity contribution in [3.8, 4) is 0 Å². The summed E-state index contributed by atoms with van der Waals surface area (Å²) in [5.74, 6) is 0. The minimum atomic E-state index is -1.54. The number of hydrogen-bond acceptors (Lipinski definition) is 2. The van der Waals surface area contributed by atoms with Gasteiger partial charge in [-0.1, -0.05) is 92.3 Å². The van der Waals surface area contributed by atoms with Crippen LogP contribution in [0.3, 0.4) is 0 Å². The standard InChI is InChI=1S/C17H38N2Si2/c1-13-17(14-2,18(15(3)4)20(7,8)9)19(16(5)6)21(10,11)12/h13-16H,1-2H2,3-12H3. The maximum atomic E-state index is 4.23. The molecule has 0 aliphatic heterocycles. The normalized spacial score (nSPS) is 14.4. The SMILES string of the molecule is C=CC(C=C)(N(C(C)C)[Si](C)(C)C)N(C(C)C)[Si](C)(C)C. The Bertz CT molecular complexity index is 326. The number of hydrogen-bond donors (Lipinski definition) is 0. The summed E-state index contributed by atoms with van der Waals surface area (Å²) in [5.41, 5.74) is -0.253. The summed E-state index contributed by atoms with van der Waals surface area (Å²) < 4.78 is 5.36. The number of rotatable bonds is 8. The molecule has 0 heterocycles. The van der Waals surface area contributed by atoms with Gasteiger partial charge in [-0.15, -0.1) is 0 Å². The Balaban J connectivity index is 6.37. The van der Waals surface area contributed by atoms with E-state index < -0.39 is 16.5 Å². The van der Waals surface area contributed by atoms with Crippen molar-refractivity contribution in [2.24, 2.45) is 0 Å². The first-order valence-electron chi connectivity index (χ1n) is 8.11. The Kier molecular flexibility index (Phi) is 6.89. The Hall–Kier alpha value is -0.166. The first kappa shape index (κ1) is 20.8. The summed E-state index contributed by atoms with van der Waals surface area (Å²) in [6, 6.07) is 0.926. The predicted octanol–water partition coefficient (Wildman–Crippen LogP) is 5.15. The lowest BCUT2D eigenvalue weighted by Crippen LogP contribution is -2.73. The minimum Gasteiger partial charge on any atom is -0.299 e. The third-order valence-corrected chi connectivity index (χ3v) is 8.49. The van der Waals surface area contributed by atoms with Crippen molar-refractivity contribution in [3.05, 3.63) is 25.3 Å². The summed E-state index contributed by atoms with van der Waals surface area (Å²) in [6.07, 6.45) is 4.24. The van der Waals surface area contributed by atoms with Crippen molar-refractivity contribution >= 4 is 16.5 Å². The Labute approximate surface area is 136 Å². The summed E-state index contributed by atoms with van der Waals surface area (Å²) in [7, 11) is -3.09. The van der Waals surface area contributed by atoms with Crippen LogP contribution in [-0.4, -0.2) is 43.3 Å². The molecule has 0 unspecified atom stereocenters. The molecule has 0 aliphatic rings. The van der Waals surface area contributed by atoms with Crippen LogP contribution in [0.25, 0.3) is 0 Å². The second-order valence-corrected chi connectivity index (χ2v) is 18.1. The van der Waals surface area contributed by atoms with Crippen LogP contribution in [0, 0.1) is 0 Å². The van der Waals surface area contributed by atoms with E-state index >= 15 is 0 Å². The van der Waals surface area contributed by atoms with E-state index in [1.54, 1.807) is 0 Å². The van der Waals surface area contributed by atoms with Gasteiger partial charge in [0.2, 0.25) is 0 Å². The molecule has 0 spiro atoms. The molecule has 0 aromatic carbocycles. The van der Waals surface area contributed by atoms with Crippen LogP contribution in [0.4, 0.5) is 0 Å². The third kappa shape index (κ3) is 4.41. The molecule has 0 aromatic heterocycles. The second kappa shape index (κ2) is 6.94. The molecular formula is C17H38N2Si2. The van der Waals surface area contributed by atoms with Gasteiger partial charge in [-0.3, -0.25) is 9.13 Å². The van der Waals surface area contributed by atoms with Crippen LogP contribution in [0.2, 0.25) is 39.3 Å². The monoisotopic (exact) mass is 326 g/mol. The third-order valence-electron chi connectivity index (χ3n) is 3.85. The van der Waals surface area contributed by atoms with E-state index in [2.05, 4.69) is 101 Å². The highest BCUT2D eigenvalue weighted by Gasteiger charge is 2.48. The van der Waals surface area contributed by atoms with Crippen LogP contribution < -0.4 is 0 Å². The van der Waals surface area contributed by atoms with E-state index in [1.165, 1.54) is 0 Å². The largest absolute Gasteiger partial charge is 0.299 e. The molecule has 0 amide bonds. The quantitative estimate of drug-likeness (QED) is 0.346. The minimum absolute atomic E-state index is 0.253. The van der Waals surface area contributed by atoms with Crippen molar-refractivity contribution in [3.63, 3.8) is 0 Å². The molecule has 0 N–H and O–H groups in total. The highest BCUT2D eigenvalue weighted by Crippen LogP contribution is 2.36. The highest BCUT2D eigenvalue weighted by atomic mass is 28.3. The van der Waals surface area contributed by atoms with Crippen LogP contribution in [0.5, 0.6) is 0 Å². The summed E-state index contributed by atoms with van der Waals surface area (Å²) in [5, 5.41) is 0. The fourth-order valence-corrected chi connectivity index (χ4v) is 9.97. The molecule has 0 aromatic rings. The maximum absolute atomic E-state index is 4.23. The molecule has 0 radical (unpaired) electrons. The average Bonchev–Trinajstić information content (AvgIpc) is 2.22. The molecule has 0 bridgehead atoms. The van der Waals surface area contributed by atoms with Gasteiger partial charge in [0.15, 0.2) is 0 Å². The lowest BCUT2D eigenvalue weighted by atomic mass is 10.1. The van der Waals surface area contributed by atoms with E-state index in [4.69, 9.17) is 0 Å². The highest BCUT2D eigenvalue weighted by molar-refractivity contribution is 6.75. The molecule has 2 nitrogen and oxygen atoms in total. The Morgan fingerprint density at radius 1 is 0.714 bits per heavy atom. The van der Waals surface area contributed by atoms with Crippen molar-refractivity contribution in [1.82, 2.24) is 9.13 Å². The fourth-order valence-electron chi connectivity index (χ4n) is 4.04. The van der Waals surface area contributed by atoms with Crippen LogP contribution in [0.15, 0.2) is 25.3 Å². The van der Waals surface area contributed by atoms with Crippen molar-refractivity contribution in [1.29, 1.82) is 0 Å². The van der Waals surface area contributed by atoms with Gasteiger partial charge in [0.1, 0.15) is 22.1 Å². The molecule has 0 fully saturated rings. The Morgan fingerprint density at radius 2 is 0.952 bits per heavy atom. The first-order valence-corrected chi connectivity index (χ1v) is 15.0. The van der Waals surface area contributed by atoms with Gasteiger partial charge in [0.05, 0.1) is 0 Å². The number of nitrogens with zero attached hydrogens (tertiary/aromatic N) is 2. The van der Waals surface area contributed by atoms with Gasteiger partial charge in [0, 0.05) is 0 Å². The zero-order chi connectivity index (χ0) is 17.2. The van der Waals surface area contributed by atoms with Crippen molar-refractivity contribution < 1.29 is 0 Å². The topological polar surface area (TPSA) is 6.48 Å². The van der Waals surface area contributed by atoms with E-state index in [9.17, 15) is 0 Å². The van der Waals surface area contributed by atoms with Gasteiger partial charge in [-0.05, 0) is 12.1 Å². The summed E-state index contributed by atoms with van der Waals surface area (Å²) in [4.78, 5) is 0. The molecule has 0 rings (SSSR count). The predicted molar refractivity (Wildman–Crippen MR) is 104 cm³/mol. The van der Waals surface area contributed by atoms with Gasteiger partial charge in [-0.25, -0.2) is 0 Å². The van der Waals surface area contributed by atoms with E-state index in [0.717, 1.165) is 0 Å². The Morgan fingerprint density at radius 3 is 1.05 bits per heavy atom. The lowest BCUT2D eigenvalue weighted by Gasteiger charge is -2.59. The molecule has 0 saturated heterocycles. The maximum Gasteiger partial charge on any atom is 0.122 e. The molecule has 124 valence electrons. The molecule has 4 heteroatoms. The van der Waals surface area contributed by atoms with E-state index in [-0.39, 0.29) is 5.66 Å². The zero-order valence-electron chi connectivity index (χ0n) is 16.1. The van der Waals surface area contributed by atoms with Crippen LogP contribution >= 0.6 is 0 Å². The second-order valence-electron chi connectivity index (χ2n) is 8.46. The molecule has 0 saturated carbocycles. The summed E-state index contributed by atoms with van der Waals surface area (Å²) in [6.45, 7) is 32.1. The zero-order valence-corrected chi connectivity index (χ0v) is 18.1. The van der Waals surface area contributed by atoms with Crippen molar-refractivity contribution in [2.75, 3.05) is 0 Å². The van der Waals surface area contributed by atoms with Crippen LogP contribution in [0.1, 0.15) is 27.7 Å². The van der Waals surface area contributed by atoms with Gasteiger partial charge >= 0.3 is 0 Å². The average molecular weight is 327 g/mol. The molecule has 0 atom stereocenters. The van der Waals surface area contributed by atoms with E-state index in [1.807, 2.05) is 0 Å². The smallest absolute Gasteiger partial charge is 0.122 e. The van der Waals surface area contributed by atoms with Gasteiger partial charge in [-0.2, -0.15) is 0 Å². The fraction of sp³-hybridized carbons (Fsp3) is 0.765. The molecule has 0 aliphatic carbocycles.